The molecule has 0 spiro atoms. The maximum Gasteiger partial charge on any atom is 0.338 e. The van der Waals surface area contributed by atoms with Gasteiger partial charge in [0, 0.05) is 10.6 Å². The fourth-order valence-corrected chi connectivity index (χ4v) is 4.89. The summed E-state index contributed by atoms with van der Waals surface area (Å²) in [4.78, 5) is 42.6. The van der Waals surface area contributed by atoms with Crippen molar-refractivity contribution >= 4 is 52.1 Å². The van der Waals surface area contributed by atoms with Gasteiger partial charge in [0.2, 0.25) is 5.91 Å². The van der Waals surface area contributed by atoms with Gasteiger partial charge in [0.25, 0.3) is 5.91 Å². The van der Waals surface area contributed by atoms with Gasteiger partial charge in [-0.3, -0.25) is 14.5 Å². The third-order valence-electron chi connectivity index (χ3n) is 5.55. The van der Waals surface area contributed by atoms with Crippen molar-refractivity contribution in [1.82, 2.24) is 9.80 Å². The average molecular weight is 508 g/mol. The standard InChI is InChI=1S/C26H25N3O4S2/c1-2-33-25(32)19-10-12-20(13-11-19)27-23(30)15-22-24(31)29(16-18-7-4-3-5-8-18)26(34)28(22)17-21-9-6-14-35-21/h3-14,22H,2,15-17H2,1H3,(H,27,30)/t22-/m1/s1. The molecule has 1 N–H and O–H groups in total. The van der Waals surface area contributed by atoms with Crippen molar-refractivity contribution in [2.24, 2.45) is 0 Å². The quantitative estimate of drug-likeness (QED) is 0.341. The van der Waals surface area contributed by atoms with Crippen LogP contribution in [-0.4, -0.2) is 45.3 Å². The zero-order valence-corrected chi connectivity index (χ0v) is 20.8. The minimum absolute atomic E-state index is 0.0464. The molecule has 9 heteroatoms. The van der Waals surface area contributed by atoms with E-state index < -0.39 is 12.0 Å². The predicted octanol–water partition coefficient (Wildman–Crippen LogP) is 4.45. The predicted molar refractivity (Wildman–Crippen MR) is 139 cm³/mol. The molecule has 1 saturated heterocycles. The largest absolute Gasteiger partial charge is 0.462 e. The lowest BCUT2D eigenvalue weighted by atomic mass is 10.1. The Hall–Kier alpha value is -3.56. The highest BCUT2D eigenvalue weighted by Gasteiger charge is 2.43. The Morgan fingerprint density at radius 1 is 1.03 bits per heavy atom. The Morgan fingerprint density at radius 2 is 1.77 bits per heavy atom. The number of thiophene rings is 1. The lowest BCUT2D eigenvalue weighted by Gasteiger charge is -2.23. The summed E-state index contributed by atoms with van der Waals surface area (Å²) in [6.07, 6.45) is -0.0464. The van der Waals surface area contributed by atoms with Gasteiger partial charge < -0.3 is 15.0 Å². The maximum atomic E-state index is 13.4. The summed E-state index contributed by atoms with van der Waals surface area (Å²) >= 11 is 7.27. The summed E-state index contributed by atoms with van der Waals surface area (Å²) in [7, 11) is 0. The zero-order chi connectivity index (χ0) is 24.8. The Labute approximate surface area is 213 Å². The van der Waals surface area contributed by atoms with E-state index in [1.807, 2.05) is 52.7 Å². The second-order valence-corrected chi connectivity index (χ2v) is 9.36. The van der Waals surface area contributed by atoms with Crippen molar-refractivity contribution in [2.45, 2.75) is 32.5 Å². The smallest absolute Gasteiger partial charge is 0.338 e. The Kier molecular flexibility index (Phi) is 7.89. The molecule has 1 aromatic heterocycles. The van der Waals surface area contributed by atoms with Gasteiger partial charge in [-0.15, -0.1) is 11.3 Å². The van der Waals surface area contributed by atoms with E-state index in [0.29, 0.717) is 29.5 Å². The molecule has 0 saturated carbocycles. The topological polar surface area (TPSA) is 78.9 Å². The molecular weight excluding hydrogens is 482 g/mol. The first-order chi connectivity index (χ1) is 17.0. The minimum atomic E-state index is -0.702. The molecule has 0 aliphatic carbocycles. The highest BCUT2D eigenvalue weighted by molar-refractivity contribution is 7.80. The number of benzene rings is 2. The summed E-state index contributed by atoms with van der Waals surface area (Å²) in [5.74, 6) is -0.922. The first kappa shape index (κ1) is 24.6. The van der Waals surface area contributed by atoms with Crippen LogP contribution in [0.3, 0.4) is 0 Å². The van der Waals surface area contributed by atoms with Crippen LogP contribution in [0.4, 0.5) is 5.69 Å². The van der Waals surface area contributed by atoms with E-state index >= 15 is 0 Å². The zero-order valence-electron chi connectivity index (χ0n) is 19.2. The van der Waals surface area contributed by atoms with Crippen molar-refractivity contribution in [1.29, 1.82) is 0 Å². The number of anilines is 1. The highest BCUT2D eigenvalue weighted by atomic mass is 32.1. The van der Waals surface area contributed by atoms with Crippen LogP contribution >= 0.6 is 23.6 Å². The third-order valence-corrected chi connectivity index (χ3v) is 6.87. The van der Waals surface area contributed by atoms with Gasteiger partial charge in [-0.25, -0.2) is 4.79 Å². The molecule has 1 fully saturated rings. The molecule has 1 aliphatic heterocycles. The number of nitrogens with one attached hydrogen (secondary N) is 1. The van der Waals surface area contributed by atoms with Crippen molar-refractivity contribution in [2.75, 3.05) is 11.9 Å². The fourth-order valence-electron chi connectivity index (χ4n) is 3.84. The van der Waals surface area contributed by atoms with Crippen LogP contribution in [0.1, 0.15) is 34.1 Å². The number of thiocarbonyl (C=S) groups is 1. The molecule has 1 aliphatic rings. The van der Waals surface area contributed by atoms with E-state index in [1.165, 1.54) is 0 Å². The van der Waals surface area contributed by atoms with Crippen LogP contribution in [0, 0.1) is 0 Å². The molecule has 1 atom stereocenters. The Balaban J connectivity index is 1.48. The monoisotopic (exact) mass is 507 g/mol. The van der Waals surface area contributed by atoms with Crippen LogP contribution < -0.4 is 5.32 Å². The van der Waals surface area contributed by atoms with Gasteiger partial charge in [0.1, 0.15) is 6.04 Å². The SMILES string of the molecule is CCOC(=O)c1ccc(NC(=O)C[C@@H]2C(=O)N(Cc3ccccc3)C(=S)N2Cc2cccs2)cc1. The number of rotatable bonds is 9. The number of carbonyl (C=O) groups excluding carboxylic acids is 3. The van der Waals surface area contributed by atoms with Gasteiger partial charge >= 0.3 is 5.97 Å². The van der Waals surface area contributed by atoms with Crippen molar-refractivity contribution in [3.8, 4) is 0 Å². The van der Waals surface area contributed by atoms with Gasteiger partial charge in [-0.2, -0.15) is 0 Å². The number of carbonyl (C=O) groups is 3. The number of esters is 1. The molecule has 7 nitrogen and oxygen atoms in total. The van der Waals surface area contributed by atoms with Crippen LogP contribution in [0.5, 0.6) is 0 Å². The van der Waals surface area contributed by atoms with E-state index in [4.69, 9.17) is 17.0 Å². The van der Waals surface area contributed by atoms with Crippen molar-refractivity contribution < 1.29 is 19.1 Å². The summed E-state index contributed by atoms with van der Waals surface area (Å²) in [5.41, 5.74) is 1.90. The van der Waals surface area contributed by atoms with Gasteiger partial charge in [0.15, 0.2) is 5.11 Å². The fraction of sp³-hybridized carbons (Fsp3) is 0.231. The lowest BCUT2D eigenvalue weighted by molar-refractivity contribution is -0.131. The van der Waals surface area contributed by atoms with E-state index in [2.05, 4.69) is 5.32 Å². The molecule has 180 valence electrons. The molecule has 3 aromatic rings. The molecule has 2 amide bonds. The molecule has 0 bridgehead atoms. The number of hydrogen-bond acceptors (Lipinski definition) is 6. The molecule has 0 unspecified atom stereocenters. The normalized spacial score (nSPS) is 15.4. The van der Waals surface area contributed by atoms with E-state index in [9.17, 15) is 14.4 Å². The van der Waals surface area contributed by atoms with E-state index in [0.717, 1.165) is 10.4 Å². The summed E-state index contributed by atoms with van der Waals surface area (Å²) < 4.78 is 4.98. The van der Waals surface area contributed by atoms with Crippen molar-refractivity contribution in [3.05, 3.63) is 88.1 Å². The van der Waals surface area contributed by atoms with Gasteiger partial charge in [-0.05, 0) is 60.4 Å². The average Bonchev–Trinajstić information content (AvgIpc) is 3.45. The van der Waals surface area contributed by atoms with Crippen LogP contribution in [-0.2, 0) is 27.4 Å². The number of ether oxygens (including phenoxy) is 1. The second kappa shape index (κ2) is 11.2. The Bertz CT molecular complexity index is 1200. The third kappa shape index (κ3) is 5.93. The number of hydrogen-bond donors (Lipinski definition) is 1. The molecular formula is C26H25N3O4S2. The van der Waals surface area contributed by atoms with E-state index in [-0.39, 0.29) is 24.8 Å². The van der Waals surface area contributed by atoms with E-state index in [1.54, 1.807) is 47.4 Å². The Morgan fingerprint density at radius 3 is 2.43 bits per heavy atom. The molecule has 4 rings (SSSR count). The van der Waals surface area contributed by atoms with Gasteiger partial charge in [-0.1, -0.05) is 36.4 Å². The first-order valence-electron chi connectivity index (χ1n) is 11.2. The van der Waals surface area contributed by atoms with Crippen molar-refractivity contribution in [3.63, 3.8) is 0 Å². The summed E-state index contributed by atoms with van der Waals surface area (Å²) in [5, 5.41) is 5.21. The summed E-state index contributed by atoms with van der Waals surface area (Å²) in [6.45, 7) is 2.84. The lowest BCUT2D eigenvalue weighted by Crippen LogP contribution is -2.37. The molecule has 2 aromatic carbocycles. The molecule has 2 heterocycles. The minimum Gasteiger partial charge on any atom is -0.462 e. The first-order valence-corrected chi connectivity index (χ1v) is 12.5. The molecule has 35 heavy (non-hydrogen) atoms. The number of amides is 2. The maximum absolute atomic E-state index is 13.4. The van der Waals surface area contributed by atoms with Crippen LogP contribution in [0.15, 0.2) is 72.1 Å². The van der Waals surface area contributed by atoms with Crippen LogP contribution in [0.25, 0.3) is 0 Å². The van der Waals surface area contributed by atoms with Gasteiger partial charge in [0.05, 0.1) is 31.7 Å². The molecule has 0 radical (unpaired) electrons. The number of nitrogens with zero attached hydrogens (tertiary/aromatic N) is 2. The van der Waals surface area contributed by atoms with Crippen LogP contribution in [0.2, 0.25) is 0 Å². The highest BCUT2D eigenvalue weighted by Crippen LogP contribution is 2.27. The summed E-state index contributed by atoms with van der Waals surface area (Å²) in [6, 6.07) is 19.3. The second-order valence-electron chi connectivity index (χ2n) is 7.97.